The minimum atomic E-state index is -0.534. The van der Waals surface area contributed by atoms with Crippen LogP contribution in [0.25, 0.3) is 0 Å². The smallest absolute Gasteiger partial charge is 0.305 e. The van der Waals surface area contributed by atoms with Crippen LogP contribution in [-0.2, 0) is 16.0 Å². The summed E-state index contributed by atoms with van der Waals surface area (Å²) in [6.45, 7) is 0.467. The van der Waals surface area contributed by atoms with Gasteiger partial charge < -0.3 is 19.3 Å². The largest absolute Gasteiger partial charge is 0.493 e. The highest BCUT2D eigenvalue weighted by molar-refractivity contribution is 5.69. The number of esters is 1. The van der Waals surface area contributed by atoms with E-state index < -0.39 is 5.60 Å². The number of hydrogen-bond acceptors (Lipinski definition) is 5. The summed E-state index contributed by atoms with van der Waals surface area (Å²) in [4.78, 5) is 11.2. The van der Waals surface area contributed by atoms with Crippen LogP contribution in [0.2, 0.25) is 0 Å². The fraction of sp³-hybridized carbons (Fsp3) is 0.588. The summed E-state index contributed by atoms with van der Waals surface area (Å²) in [7, 11) is 2.97. The SMILES string of the molecule is COC(=O)CCc1ccc(OCCC2(O)CCC2)c(OC)c1. The second-order valence-electron chi connectivity index (χ2n) is 5.74. The second-order valence-corrected chi connectivity index (χ2v) is 5.74. The van der Waals surface area contributed by atoms with Crippen molar-refractivity contribution in [1.29, 1.82) is 0 Å². The first-order chi connectivity index (χ1) is 10.6. The number of benzene rings is 1. The molecule has 0 aliphatic heterocycles. The molecular formula is C17H24O5. The molecule has 2 rings (SSSR count). The van der Waals surface area contributed by atoms with E-state index in [4.69, 9.17) is 9.47 Å². The van der Waals surface area contributed by atoms with E-state index in [0.29, 0.717) is 37.4 Å². The van der Waals surface area contributed by atoms with E-state index in [1.807, 2.05) is 18.2 Å². The standard InChI is InChI=1S/C17H24O5/c1-20-15-12-13(5-7-16(18)21-2)4-6-14(15)22-11-10-17(19)8-3-9-17/h4,6,12,19H,3,5,7-11H2,1-2H3. The van der Waals surface area contributed by atoms with Gasteiger partial charge >= 0.3 is 5.97 Å². The third kappa shape index (κ3) is 4.37. The summed E-state index contributed by atoms with van der Waals surface area (Å²) in [5.41, 5.74) is 0.459. The lowest BCUT2D eigenvalue weighted by Crippen LogP contribution is -2.38. The van der Waals surface area contributed by atoms with Crippen molar-refractivity contribution in [2.75, 3.05) is 20.8 Å². The van der Waals surface area contributed by atoms with Crippen molar-refractivity contribution < 1.29 is 24.1 Å². The molecule has 1 aliphatic carbocycles. The van der Waals surface area contributed by atoms with E-state index in [1.165, 1.54) is 7.11 Å². The predicted octanol–water partition coefficient (Wildman–Crippen LogP) is 2.48. The van der Waals surface area contributed by atoms with Crippen LogP contribution in [0.15, 0.2) is 18.2 Å². The summed E-state index contributed by atoms with van der Waals surface area (Å²) < 4.78 is 15.7. The van der Waals surface area contributed by atoms with Gasteiger partial charge in [-0.05, 0) is 43.4 Å². The van der Waals surface area contributed by atoms with Gasteiger partial charge in [-0.3, -0.25) is 4.79 Å². The topological polar surface area (TPSA) is 65.0 Å². The Kier molecular flexibility index (Phi) is 5.66. The van der Waals surface area contributed by atoms with Gasteiger partial charge in [-0.25, -0.2) is 0 Å². The van der Waals surface area contributed by atoms with Crippen molar-refractivity contribution in [3.8, 4) is 11.5 Å². The molecular weight excluding hydrogens is 284 g/mol. The number of rotatable bonds is 8. The summed E-state index contributed by atoms with van der Waals surface area (Å²) in [6.07, 6.45) is 4.39. The zero-order valence-corrected chi connectivity index (χ0v) is 13.3. The van der Waals surface area contributed by atoms with Gasteiger partial charge in [0.15, 0.2) is 11.5 Å². The van der Waals surface area contributed by atoms with Crippen LogP contribution in [0.4, 0.5) is 0 Å². The van der Waals surface area contributed by atoms with Crippen LogP contribution in [-0.4, -0.2) is 37.5 Å². The Labute approximate surface area is 131 Å². The summed E-state index contributed by atoms with van der Waals surface area (Å²) in [5.74, 6) is 1.07. The minimum absolute atomic E-state index is 0.229. The Balaban J connectivity index is 1.89. The molecule has 22 heavy (non-hydrogen) atoms. The lowest BCUT2D eigenvalue weighted by molar-refractivity contribution is -0.140. The maximum absolute atomic E-state index is 11.2. The first kappa shape index (κ1) is 16.6. The third-order valence-corrected chi connectivity index (χ3v) is 4.18. The highest BCUT2D eigenvalue weighted by atomic mass is 16.5. The molecule has 0 bridgehead atoms. The molecule has 0 heterocycles. The van der Waals surface area contributed by atoms with Crippen LogP contribution in [0, 0.1) is 0 Å². The first-order valence-electron chi connectivity index (χ1n) is 7.65. The van der Waals surface area contributed by atoms with Crippen LogP contribution in [0.5, 0.6) is 11.5 Å². The molecule has 0 spiro atoms. The normalized spacial score (nSPS) is 15.8. The van der Waals surface area contributed by atoms with Crippen LogP contribution >= 0.6 is 0 Å². The Hall–Kier alpha value is -1.75. The molecule has 0 atom stereocenters. The number of carbonyl (C=O) groups excluding carboxylic acids is 1. The number of aliphatic hydroxyl groups is 1. The van der Waals surface area contributed by atoms with Crippen LogP contribution < -0.4 is 9.47 Å². The van der Waals surface area contributed by atoms with Gasteiger partial charge in [0.05, 0.1) is 26.4 Å². The molecule has 1 fully saturated rings. The number of methoxy groups -OCH3 is 2. The van der Waals surface area contributed by atoms with Crippen molar-refractivity contribution in [3.05, 3.63) is 23.8 Å². The summed E-state index contributed by atoms with van der Waals surface area (Å²) in [6, 6.07) is 5.63. The molecule has 1 aromatic carbocycles. The lowest BCUT2D eigenvalue weighted by Gasteiger charge is -2.36. The van der Waals surface area contributed by atoms with Gasteiger partial charge in [0.25, 0.3) is 0 Å². The fourth-order valence-corrected chi connectivity index (χ4v) is 2.52. The molecule has 0 unspecified atom stereocenters. The summed E-state index contributed by atoms with van der Waals surface area (Å²) >= 11 is 0. The Bertz CT molecular complexity index is 508. The Morgan fingerprint density at radius 2 is 2.05 bits per heavy atom. The zero-order chi connectivity index (χ0) is 16.0. The molecule has 5 heteroatoms. The van der Waals surface area contributed by atoms with Crippen molar-refractivity contribution in [2.24, 2.45) is 0 Å². The number of carbonyl (C=O) groups is 1. The Morgan fingerprint density at radius 3 is 2.64 bits per heavy atom. The maximum atomic E-state index is 11.2. The molecule has 0 saturated heterocycles. The van der Waals surface area contributed by atoms with E-state index in [9.17, 15) is 9.90 Å². The quantitative estimate of drug-likeness (QED) is 0.747. The van der Waals surface area contributed by atoms with Crippen molar-refractivity contribution in [3.63, 3.8) is 0 Å². The third-order valence-electron chi connectivity index (χ3n) is 4.18. The number of hydrogen-bond donors (Lipinski definition) is 1. The molecule has 0 aromatic heterocycles. The molecule has 5 nitrogen and oxygen atoms in total. The van der Waals surface area contributed by atoms with Gasteiger partial charge in [0.2, 0.25) is 0 Å². The molecule has 122 valence electrons. The predicted molar refractivity (Wildman–Crippen MR) is 82.2 cm³/mol. The fourth-order valence-electron chi connectivity index (χ4n) is 2.52. The molecule has 1 aromatic rings. The van der Waals surface area contributed by atoms with Gasteiger partial charge in [0.1, 0.15) is 0 Å². The first-order valence-corrected chi connectivity index (χ1v) is 7.65. The van der Waals surface area contributed by atoms with E-state index in [2.05, 4.69) is 4.74 Å². The average molecular weight is 308 g/mol. The Morgan fingerprint density at radius 1 is 1.27 bits per heavy atom. The van der Waals surface area contributed by atoms with Crippen molar-refractivity contribution >= 4 is 5.97 Å². The average Bonchev–Trinajstić information content (AvgIpc) is 2.51. The van der Waals surface area contributed by atoms with Gasteiger partial charge in [-0.1, -0.05) is 6.07 Å². The highest BCUT2D eigenvalue weighted by Crippen LogP contribution is 2.35. The highest BCUT2D eigenvalue weighted by Gasteiger charge is 2.33. The van der Waals surface area contributed by atoms with E-state index >= 15 is 0 Å². The van der Waals surface area contributed by atoms with Gasteiger partial charge in [0, 0.05) is 12.8 Å². The molecule has 0 radical (unpaired) electrons. The number of ether oxygens (including phenoxy) is 3. The number of aryl methyl sites for hydroxylation is 1. The second kappa shape index (κ2) is 7.49. The maximum Gasteiger partial charge on any atom is 0.305 e. The van der Waals surface area contributed by atoms with Gasteiger partial charge in [-0.2, -0.15) is 0 Å². The van der Waals surface area contributed by atoms with E-state index in [1.54, 1.807) is 7.11 Å². The molecule has 1 aliphatic rings. The van der Waals surface area contributed by atoms with E-state index in [-0.39, 0.29) is 5.97 Å². The van der Waals surface area contributed by atoms with Gasteiger partial charge in [-0.15, -0.1) is 0 Å². The monoisotopic (exact) mass is 308 g/mol. The zero-order valence-electron chi connectivity index (χ0n) is 13.3. The van der Waals surface area contributed by atoms with Crippen LogP contribution in [0.3, 0.4) is 0 Å². The van der Waals surface area contributed by atoms with E-state index in [0.717, 1.165) is 24.8 Å². The van der Waals surface area contributed by atoms with Crippen molar-refractivity contribution in [1.82, 2.24) is 0 Å². The van der Waals surface area contributed by atoms with Crippen LogP contribution in [0.1, 0.15) is 37.7 Å². The lowest BCUT2D eigenvalue weighted by atomic mass is 9.78. The molecule has 1 saturated carbocycles. The van der Waals surface area contributed by atoms with Crippen molar-refractivity contribution in [2.45, 2.75) is 44.1 Å². The minimum Gasteiger partial charge on any atom is -0.493 e. The summed E-state index contributed by atoms with van der Waals surface area (Å²) in [5, 5.41) is 10.0. The molecule has 0 amide bonds. The molecule has 1 N–H and O–H groups in total.